The summed E-state index contributed by atoms with van der Waals surface area (Å²) in [5, 5.41) is 10.6. The van der Waals surface area contributed by atoms with Crippen LogP contribution >= 0.6 is 35.7 Å². The molecule has 1 saturated heterocycles. The molecule has 0 atom stereocenters. The number of halogens is 1. The minimum absolute atomic E-state index is 0. The highest BCUT2D eigenvalue weighted by Crippen LogP contribution is 2.27. The van der Waals surface area contributed by atoms with Crippen LogP contribution in [0.25, 0.3) is 0 Å². The Morgan fingerprint density at radius 1 is 1.29 bits per heavy atom. The lowest BCUT2D eigenvalue weighted by molar-refractivity contribution is -0.136. The van der Waals surface area contributed by atoms with Gasteiger partial charge in [0.15, 0.2) is 11.8 Å². The number of nitrogens with one attached hydrogen (secondary N) is 2. The second-order valence-corrected chi connectivity index (χ2v) is 8.28. The van der Waals surface area contributed by atoms with Gasteiger partial charge in [-0.3, -0.25) is 4.79 Å². The molecule has 0 unspecified atom stereocenters. The molecule has 2 fully saturated rings. The predicted octanol–water partition coefficient (Wildman–Crippen LogP) is 2.19. The summed E-state index contributed by atoms with van der Waals surface area (Å²) in [6.45, 7) is 6.81. The first kappa shape index (κ1) is 23.2. The number of aliphatic imine (C=N–C) groups is 1. The van der Waals surface area contributed by atoms with Gasteiger partial charge in [0.1, 0.15) is 6.54 Å². The fourth-order valence-corrected chi connectivity index (χ4v) is 4.50. The molecule has 2 aliphatic rings. The van der Waals surface area contributed by atoms with E-state index in [0.29, 0.717) is 30.2 Å². The molecule has 0 radical (unpaired) electrons. The van der Waals surface area contributed by atoms with E-state index in [1.54, 1.807) is 6.92 Å². The van der Waals surface area contributed by atoms with Gasteiger partial charge in [-0.15, -0.1) is 24.0 Å². The van der Waals surface area contributed by atoms with Crippen LogP contribution in [0.3, 0.4) is 0 Å². The maximum atomic E-state index is 12.7. The molecule has 1 amide bonds. The van der Waals surface area contributed by atoms with Crippen molar-refractivity contribution in [3.05, 3.63) is 11.7 Å². The number of aryl methyl sites for hydroxylation is 1. The number of rotatable bonds is 5. The highest BCUT2D eigenvalue weighted by molar-refractivity contribution is 14.0. The molecule has 1 aliphatic heterocycles. The number of thioether (sulfide) groups is 1. The summed E-state index contributed by atoms with van der Waals surface area (Å²) in [5.74, 6) is 4.60. The third kappa shape index (κ3) is 6.78. The van der Waals surface area contributed by atoms with E-state index in [4.69, 9.17) is 4.52 Å². The fraction of sp³-hybridized carbons (Fsp3) is 0.778. The van der Waals surface area contributed by atoms with Crippen LogP contribution in [0.4, 0.5) is 0 Å². The summed E-state index contributed by atoms with van der Waals surface area (Å²) in [6.07, 6.45) is 3.88. The lowest BCUT2D eigenvalue weighted by atomic mass is 9.85. The molecule has 1 aromatic rings. The lowest BCUT2D eigenvalue weighted by Gasteiger charge is -2.34. The van der Waals surface area contributed by atoms with Crippen molar-refractivity contribution in [2.24, 2.45) is 10.9 Å². The van der Waals surface area contributed by atoms with Crippen LogP contribution in [-0.2, 0) is 11.3 Å². The van der Waals surface area contributed by atoms with Crippen LogP contribution in [0.5, 0.6) is 0 Å². The van der Waals surface area contributed by atoms with Crippen molar-refractivity contribution in [2.75, 3.05) is 31.1 Å². The topological polar surface area (TPSA) is 95.6 Å². The average molecular weight is 522 g/mol. The van der Waals surface area contributed by atoms with E-state index in [0.717, 1.165) is 62.8 Å². The molecule has 2 N–H and O–H groups in total. The number of guanidine groups is 1. The van der Waals surface area contributed by atoms with Gasteiger partial charge in [-0.05, 0) is 32.6 Å². The average Bonchev–Trinajstić information content (AvgIpc) is 3.12. The van der Waals surface area contributed by atoms with Crippen molar-refractivity contribution >= 4 is 47.6 Å². The number of carbonyl (C=O) groups excluding carboxylic acids is 1. The van der Waals surface area contributed by atoms with Crippen molar-refractivity contribution in [2.45, 2.75) is 52.1 Å². The van der Waals surface area contributed by atoms with Crippen molar-refractivity contribution in [3.8, 4) is 0 Å². The molecule has 0 spiro atoms. The summed E-state index contributed by atoms with van der Waals surface area (Å²) in [4.78, 5) is 23.5. The van der Waals surface area contributed by atoms with E-state index in [1.807, 2.05) is 18.7 Å². The lowest BCUT2D eigenvalue weighted by Crippen LogP contribution is -2.47. The van der Waals surface area contributed by atoms with Gasteiger partial charge in [0, 0.05) is 50.0 Å². The Labute approximate surface area is 188 Å². The molecular formula is C18H31IN6O2S. The normalized spacial score (nSPS) is 23.1. The minimum atomic E-state index is 0. The molecule has 0 bridgehead atoms. The Bertz CT molecular complexity index is 642. The summed E-state index contributed by atoms with van der Waals surface area (Å²) < 4.78 is 4.98. The first-order valence-electron chi connectivity index (χ1n) is 9.86. The highest BCUT2D eigenvalue weighted by atomic mass is 127. The summed E-state index contributed by atoms with van der Waals surface area (Å²) in [7, 11) is 0. The number of hydrogen-bond donors (Lipinski definition) is 2. The maximum absolute atomic E-state index is 12.7. The maximum Gasteiger partial charge on any atom is 0.225 e. The minimum Gasteiger partial charge on any atom is -0.357 e. The zero-order valence-corrected chi connectivity index (χ0v) is 19.8. The molecule has 158 valence electrons. The quantitative estimate of drug-likeness (QED) is 0.348. The van der Waals surface area contributed by atoms with Gasteiger partial charge < -0.3 is 20.1 Å². The third-order valence-corrected chi connectivity index (χ3v) is 5.97. The predicted molar refractivity (Wildman–Crippen MR) is 122 cm³/mol. The number of amides is 1. The summed E-state index contributed by atoms with van der Waals surface area (Å²) >= 11 is 1.94. The Morgan fingerprint density at radius 2 is 2.00 bits per heavy atom. The van der Waals surface area contributed by atoms with Gasteiger partial charge in [-0.25, -0.2) is 4.99 Å². The Balaban J connectivity index is 0.00000280. The van der Waals surface area contributed by atoms with Crippen molar-refractivity contribution in [1.29, 1.82) is 0 Å². The monoisotopic (exact) mass is 522 g/mol. The molecule has 1 aliphatic carbocycles. The van der Waals surface area contributed by atoms with Crippen molar-refractivity contribution in [1.82, 2.24) is 25.7 Å². The summed E-state index contributed by atoms with van der Waals surface area (Å²) in [5.41, 5.74) is 0. The van der Waals surface area contributed by atoms with Crippen LogP contribution in [0.2, 0.25) is 0 Å². The van der Waals surface area contributed by atoms with Crippen LogP contribution < -0.4 is 10.6 Å². The number of aromatic nitrogens is 2. The smallest absolute Gasteiger partial charge is 0.225 e. The Kier molecular flexibility index (Phi) is 9.83. The molecule has 1 aromatic heterocycles. The van der Waals surface area contributed by atoms with Crippen molar-refractivity contribution in [3.63, 3.8) is 0 Å². The third-order valence-electron chi connectivity index (χ3n) is 5.03. The Hall–Kier alpha value is -1.04. The molecular weight excluding hydrogens is 491 g/mol. The molecule has 1 saturated carbocycles. The molecule has 8 nitrogen and oxygen atoms in total. The largest absolute Gasteiger partial charge is 0.357 e. The molecule has 0 aromatic carbocycles. The van der Waals surface area contributed by atoms with Crippen LogP contribution in [0, 0.1) is 12.8 Å². The number of carbonyl (C=O) groups is 1. The molecule has 3 rings (SSSR count). The SMILES string of the molecule is CCNC(=NCc1noc(C)n1)NC1CCC(C(=O)N2CCSCC2)CC1.I. The van der Waals surface area contributed by atoms with Crippen molar-refractivity contribution < 1.29 is 9.32 Å². The van der Waals surface area contributed by atoms with Crippen LogP contribution in [-0.4, -0.2) is 64.1 Å². The van der Waals surface area contributed by atoms with Gasteiger partial charge in [-0.2, -0.15) is 16.7 Å². The van der Waals surface area contributed by atoms with E-state index in [2.05, 4.69) is 30.7 Å². The van der Waals surface area contributed by atoms with E-state index in [9.17, 15) is 4.79 Å². The summed E-state index contributed by atoms with van der Waals surface area (Å²) in [6, 6.07) is 0.343. The standard InChI is InChI=1S/C18H30N6O2S.HI/c1-3-19-18(20-12-16-21-13(2)26-23-16)22-15-6-4-14(5-7-15)17(25)24-8-10-27-11-9-24;/h14-15H,3-12H2,1-2H3,(H2,19,20,22);1H. The second-order valence-electron chi connectivity index (χ2n) is 7.06. The van der Waals surface area contributed by atoms with Crippen LogP contribution in [0.15, 0.2) is 9.52 Å². The number of hydrogen-bond acceptors (Lipinski definition) is 6. The highest BCUT2D eigenvalue weighted by Gasteiger charge is 2.30. The van der Waals surface area contributed by atoms with Crippen LogP contribution in [0.1, 0.15) is 44.3 Å². The number of nitrogens with zero attached hydrogens (tertiary/aromatic N) is 4. The second kappa shape index (κ2) is 11.8. The van der Waals surface area contributed by atoms with E-state index < -0.39 is 0 Å². The zero-order valence-electron chi connectivity index (χ0n) is 16.6. The fourth-order valence-electron chi connectivity index (χ4n) is 3.60. The van der Waals surface area contributed by atoms with Gasteiger partial charge in [0.25, 0.3) is 0 Å². The van der Waals surface area contributed by atoms with Gasteiger partial charge in [0.05, 0.1) is 0 Å². The Morgan fingerprint density at radius 3 is 2.61 bits per heavy atom. The van der Waals surface area contributed by atoms with Gasteiger partial charge in [0.2, 0.25) is 11.8 Å². The van der Waals surface area contributed by atoms with Gasteiger partial charge in [-0.1, -0.05) is 5.16 Å². The zero-order chi connectivity index (χ0) is 19.1. The molecule has 28 heavy (non-hydrogen) atoms. The molecule has 10 heteroatoms. The van der Waals surface area contributed by atoms with E-state index in [-0.39, 0.29) is 29.9 Å². The first-order chi connectivity index (χ1) is 13.2. The van der Waals surface area contributed by atoms with E-state index >= 15 is 0 Å². The van der Waals surface area contributed by atoms with E-state index in [1.165, 1.54) is 0 Å². The van der Waals surface area contributed by atoms with Gasteiger partial charge >= 0.3 is 0 Å². The first-order valence-corrected chi connectivity index (χ1v) is 11.0. The molecule has 2 heterocycles.